The van der Waals surface area contributed by atoms with E-state index in [0.717, 1.165) is 39.9 Å². The lowest BCUT2D eigenvalue weighted by Crippen LogP contribution is -2.26. The van der Waals surface area contributed by atoms with Crippen LogP contribution in [0.25, 0.3) is 0 Å². The van der Waals surface area contributed by atoms with Gasteiger partial charge in [-0.1, -0.05) is 6.92 Å². The van der Waals surface area contributed by atoms with Crippen LogP contribution in [-0.2, 0) is 13.5 Å². The molecular weight excluding hydrogens is 386 g/mol. The van der Waals surface area contributed by atoms with Crippen LogP contribution in [0.2, 0.25) is 0 Å². The normalized spacial score (nSPS) is 12.6. The van der Waals surface area contributed by atoms with Crippen molar-refractivity contribution in [3.8, 4) is 0 Å². The van der Waals surface area contributed by atoms with Crippen molar-refractivity contribution in [1.29, 1.82) is 0 Å². The monoisotopic (exact) mass is 401 g/mol. The Kier molecular flexibility index (Phi) is 5.68. The summed E-state index contributed by atoms with van der Waals surface area (Å²) in [4.78, 5) is 8.82. The average Bonchev–Trinajstić information content (AvgIpc) is 2.80. The van der Waals surface area contributed by atoms with Crippen molar-refractivity contribution in [3.63, 3.8) is 0 Å². The van der Waals surface area contributed by atoms with Crippen LogP contribution in [0.5, 0.6) is 0 Å². The van der Waals surface area contributed by atoms with Crippen molar-refractivity contribution in [3.05, 3.63) is 39.1 Å². The van der Waals surface area contributed by atoms with Gasteiger partial charge in [-0.25, -0.2) is 4.98 Å². The van der Waals surface area contributed by atoms with E-state index in [-0.39, 0.29) is 6.04 Å². The van der Waals surface area contributed by atoms with Crippen LogP contribution < -0.4 is 5.32 Å². The fraction of sp³-hybridized carbons (Fsp3) is 0.462. The number of nitrogens with one attached hydrogen (secondary N) is 1. The molecule has 20 heavy (non-hydrogen) atoms. The molecule has 1 atom stereocenters. The lowest BCUT2D eigenvalue weighted by Gasteiger charge is -2.19. The van der Waals surface area contributed by atoms with E-state index in [1.807, 2.05) is 19.3 Å². The van der Waals surface area contributed by atoms with Crippen molar-refractivity contribution in [2.75, 3.05) is 6.54 Å². The first-order valence-corrected chi connectivity index (χ1v) is 8.07. The minimum Gasteiger partial charge on any atom is -0.308 e. The summed E-state index contributed by atoms with van der Waals surface area (Å²) in [5.41, 5.74) is 0.990. The SMILES string of the molecule is CCCNC(Cc1ncnn1C)c1ncc(Br)cc1Br. The van der Waals surface area contributed by atoms with Gasteiger partial charge in [0.1, 0.15) is 12.2 Å². The van der Waals surface area contributed by atoms with Gasteiger partial charge >= 0.3 is 0 Å². The molecule has 0 fully saturated rings. The summed E-state index contributed by atoms with van der Waals surface area (Å²) < 4.78 is 3.75. The van der Waals surface area contributed by atoms with E-state index in [1.165, 1.54) is 0 Å². The van der Waals surface area contributed by atoms with E-state index in [4.69, 9.17) is 0 Å². The standard InChI is InChI=1S/C13H17Br2N5/c1-3-4-16-11(6-12-18-8-19-20(12)2)13-10(15)5-9(14)7-17-13/h5,7-8,11,16H,3-4,6H2,1-2H3. The molecule has 2 aromatic heterocycles. The number of pyridine rings is 1. The molecule has 7 heteroatoms. The first-order chi connectivity index (χ1) is 9.61. The van der Waals surface area contributed by atoms with Gasteiger partial charge < -0.3 is 5.32 Å². The molecular formula is C13H17Br2N5. The molecule has 0 aromatic carbocycles. The molecule has 0 aliphatic rings. The number of halogens is 2. The van der Waals surface area contributed by atoms with Gasteiger partial charge in [-0.05, 0) is 50.9 Å². The van der Waals surface area contributed by atoms with Crippen LogP contribution >= 0.6 is 31.9 Å². The van der Waals surface area contributed by atoms with Gasteiger partial charge in [0.25, 0.3) is 0 Å². The number of hydrogen-bond donors (Lipinski definition) is 1. The molecule has 0 radical (unpaired) electrons. The highest BCUT2D eigenvalue weighted by Crippen LogP contribution is 2.26. The molecule has 0 spiro atoms. The van der Waals surface area contributed by atoms with Gasteiger partial charge in [0.05, 0.1) is 11.7 Å². The molecule has 2 aromatic rings. The van der Waals surface area contributed by atoms with Crippen molar-refractivity contribution < 1.29 is 0 Å². The second-order valence-corrected chi connectivity index (χ2v) is 6.30. The zero-order valence-electron chi connectivity index (χ0n) is 11.5. The molecule has 0 aliphatic carbocycles. The zero-order valence-corrected chi connectivity index (χ0v) is 14.6. The predicted octanol–water partition coefficient (Wildman–Crippen LogP) is 3.02. The van der Waals surface area contributed by atoms with Gasteiger partial charge in [-0.2, -0.15) is 5.10 Å². The maximum atomic E-state index is 4.53. The number of aromatic nitrogens is 4. The Hall–Kier alpha value is -0.790. The lowest BCUT2D eigenvalue weighted by atomic mass is 10.1. The Bertz CT molecular complexity index is 570. The van der Waals surface area contributed by atoms with Crippen LogP contribution in [0.4, 0.5) is 0 Å². The molecule has 0 aliphatic heterocycles. The summed E-state index contributed by atoms with van der Waals surface area (Å²) in [6.07, 6.45) is 5.22. The summed E-state index contributed by atoms with van der Waals surface area (Å²) in [7, 11) is 1.91. The number of rotatable bonds is 6. The number of aryl methyl sites for hydroxylation is 1. The maximum absolute atomic E-state index is 4.53. The summed E-state index contributed by atoms with van der Waals surface area (Å²) in [6, 6.07) is 2.12. The Morgan fingerprint density at radius 1 is 1.35 bits per heavy atom. The molecule has 0 bridgehead atoms. The molecule has 2 rings (SSSR count). The van der Waals surface area contributed by atoms with E-state index in [0.29, 0.717) is 0 Å². The third kappa shape index (κ3) is 3.86. The quantitative estimate of drug-likeness (QED) is 0.806. The molecule has 5 nitrogen and oxygen atoms in total. The van der Waals surface area contributed by atoms with Gasteiger partial charge in [-0.3, -0.25) is 9.67 Å². The summed E-state index contributed by atoms with van der Waals surface area (Å²) >= 11 is 7.02. The van der Waals surface area contributed by atoms with E-state index >= 15 is 0 Å². The Balaban J connectivity index is 2.24. The predicted molar refractivity (Wildman–Crippen MR) is 85.4 cm³/mol. The van der Waals surface area contributed by atoms with Crippen LogP contribution in [0.15, 0.2) is 27.5 Å². The van der Waals surface area contributed by atoms with E-state index in [1.54, 1.807) is 11.0 Å². The van der Waals surface area contributed by atoms with E-state index in [2.05, 4.69) is 59.2 Å². The first-order valence-electron chi connectivity index (χ1n) is 6.49. The second kappa shape index (κ2) is 7.28. The van der Waals surface area contributed by atoms with Crippen LogP contribution in [0, 0.1) is 0 Å². The lowest BCUT2D eigenvalue weighted by molar-refractivity contribution is 0.495. The molecule has 0 saturated carbocycles. The Morgan fingerprint density at radius 3 is 2.75 bits per heavy atom. The molecule has 108 valence electrons. The van der Waals surface area contributed by atoms with Crippen LogP contribution in [-0.4, -0.2) is 26.3 Å². The minimum atomic E-state index is 0.111. The maximum Gasteiger partial charge on any atom is 0.138 e. The number of hydrogen-bond acceptors (Lipinski definition) is 4. The Labute approximate surface area is 135 Å². The summed E-state index contributed by atoms with van der Waals surface area (Å²) in [5, 5.41) is 7.64. The third-order valence-corrected chi connectivity index (χ3v) is 4.07. The van der Waals surface area contributed by atoms with Crippen molar-refractivity contribution >= 4 is 31.9 Å². The largest absolute Gasteiger partial charge is 0.308 e. The van der Waals surface area contributed by atoms with Crippen molar-refractivity contribution in [2.45, 2.75) is 25.8 Å². The molecule has 2 heterocycles. The molecule has 0 amide bonds. The Morgan fingerprint density at radius 2 is 2.15 bits per heavy atom. The third-order valence-electron chi connectivity index (χ3n) is 3.00. The highest BCUT2D eigenvalue weighted by Gasteiger charge is 2.18. The second-order valence-electron chi connectivity index (χ2n) is 4.53. The zero-order chi connectivity index (χ0) is 14.5. The fourth-order valence-electron chi connectivity index (χ4n) is 1.95. The molecule has 0 saturated heterocycles. The van der Waals surface area contributed by atoms with E-state index in [9.17, 15) is 0 Å². The number of nitrogens with zero attached hydrogens (tertiary/aromatic N) is 4. The van der Waals surface area contributed by atoms with Gasteiger partial charge in [0.15, 0.2) is 0 Å². The summed E-state index contributed by atoms with van der Waals surface area (Å²) in [5.74, 6) is 0.940. The van der Waals surface area contributed by atoms with Gasteiger partial charge in [0.2, 0.25) is 0 Å². The van der Waals surface area contributed by atoms with Crippen molar-refractivity contribution in [2.24, 2.45) is 7.05 Å². The van der Waals surface area contributed by atoms with Crippen LogP contribution in [0.1, 0.15) is 30.9 Å². The van der Waals surface area contributed by atoms with E-state index < -0.39 is 0 Å². The van der Waals surface area contributed by atoms with Gasteiger partial charge in [0, 0.05) is 28.6 Å². The smallest absolute Gasteiger partial charge is 0.138 e. The topological polar surface area (TPSA) is 55.6 Å². The average molecular weight is 403 g/mol. The highest BCUT2D eigenvalue weighted by atomic mass is 79.9. The van der Waals surface area contributed by atoms with Gasteiger partial charge in [-0.15, -0.1) is 0 Å². The van der Waals surface area contributed by atoms with Crippen LogP contribution in [0.3, 0.4) is 0 Å². The molecule has 1 N–H and O–H groups in total. The first kappa shape index (κ1) is 15.6. The fourth-order valence-corrected chi connectivity index (χ4v) is 3.22. The molecule has 1 unspecified atom stereocenters. The minimum absolute atomic E-state index is 0.111. The highest BCUT2D eigenvalue weighted by molar-refractivity contribution is 9.11. The van der Waals surface area contributed by atoms with Crippen molar-refractivity contribution in [1.82, 2.24) is 25.1 Å². The summed E-state index contributed by atoms with van der Waals surface area (Å²) in [6.45, 7) is 3.09.